The Morgan fingerprint density at radius 3 is 2.36 bits per heavy atom. The molecule has 1 N–H and O–H groups in total. The molecule has 3 aromatic rings. The fourth-order valence-corrected chi connectivity index (χ4v) is 3.35. The van der Waals surface area contributed by atoms with Crippen LogP contribution in [0.5, 0.6) is 0 Å². The summed E-state index contributed by atoms with van der Waals surface area (Å²) in [7, 11) is 3.06. The van der Waals surface area contributed by atoms with Gasteiger partial charge in [-0.1, -0.05) is 36.4 Å². The lowest BCUT2D eigenvalue weighted by molar-refractivity contribution is -0.137. The predicted molar refractivity (Wildman–Crippen MR) is 102 cm³/mol. The Morgan fingerprint density at radius 2 is 1.75 bits per heavy atom. The number of benzene rings is 2. The van der Waals surface area contributed by atoms with E-state index in [2.05, 4.69) is 5.32 Å². The highest BCUT2D eigenvalue weighted by Gasteiger charge is 2.31. The number of alkyl halides is 3. The third-order valence-corrected chi connectivity index (χ3v) is 4.76. The number of pyridine rings is 1. The lowest BCUT2D eigenvalue weighted by Gasteiger charge is -2.18. The van der Waals surface area contributed by atoms with Crippen LogP contribution in [0.4, 0.5) is 13.2 Å². The normalized spacial score (nSPS) is 11.6. The number of hydrogen-bond acceptors (Lipinski definition) is 2. The van der Waals surface area contributed by atoms with Gasteiger partial charge in [-0.15, -0.1) is 0 Å². The van der Waals surface area contributed by atoms with Crippen LogP contribution in [0, 0.1) is 0 Å². The molecule has 0 aliphatic carbocycles. The van der Waals surface area contributed by atoms with Gasteiger partial charge in [0.2, 0.25) is 5.91 Å². The van der Waals surface area contributed by atoms with Gasteiger partial charge in [0, 0.05) is 25.9 Å². The lowest BCUT2D eigenvalue weighted by atomic mass is 9.94. The third kappa shape index (κ3) is 3.65. The van der Waals surface area contributed by atoms with Crippen LogP contribution in [0.25, 0.3) is 22.0 Å². The fourth-order valence-electron chi connectivity index (χ4n) is 3.35. The molecule has 1 aromatic heterocycles. The van der Waals surface area contributed by atoms with E-state index in [9.17, 15) is 22.8 Å². The highest BCUT2D eigenvalue weighted by atomic mass is 19.4. The highest BCUT2D eigenvalue weighted by Crippen LogP contribution is 2.34. The maximum atomic E-state index is 13.1. The zero-order valence-corrected chi connectivity index (χ0v) is 15.4. The minimum Gasteiger partial charge on any atom is -0.359 e. The van der Waals surface area contributed by atoms with E-state index in [0.717, 1.165) is 17.7 Å². The molecular formula is C21H19F3N2O2. The quantitative estimate of drug-likeness (QED) is 0.737. The van der Waals surface area contributed by atoms with Gasteiger partial charge in [-0.05, 0) is 35.1 Å². The third-order valence-electron chi connectivity index (χ3n) is 4.76. The number of nitrogens with one attached hydrogen (secondary N) is 1. The molecule has 2 aromatic carbocycles. The Kier molecular flexibility index (Phi) is 5.27. The molecule has 3 rings (SSSR count). The van der Waals surface area contributed by atoms with Crippen molar-refractivity contribution in [1.82, 2.24) is 9.88 Å². The van der Waals surface area contributed by atoms with E-state index in [-0.39, 0.29) is 17.7 Å². The molecular weight excluding hydrogens is 369 g/mol. The van der Waals surface area contributed by atoms with Crippen molar-refractivity contribution in [2.24, 2.45) is 7.05 Å². The Hall–Kier alpha value is -3.09. The maximum Gasteiger partial charge on any atom is 0.416 e. The number of carbonyl (C=O) groups is 1. The predicted octanol–water partition coefficient (Wildman–Crippen LogP) is 3.90. The van der Waals surface area contributed by atoms with Gasteiger partial charge >= 0.3 is 6.18 Å². The van der Waals surface area contributed by atoms with Crippen LogP contribution >= 0.6 is 0 Å². The minimum absolute atomic E-state index is 0.0103. The number of nitrogens with zero attached hydrogens (tertiary/aromatic N) is 1. The van der Waals surface area contributed by atoms with E-state index in [1.165, 1.54) is 24.7 Å². The molecule has 28 heavy (non-hydrogen) atoms. The van der Waals surface area contributed by atoms with Crippen LogP contribution in [-0.2, 0) is 24.4 Å². The molecule has 0 aliphatic heterocycles. The van der Waals surface area contributed by atoms with Crippen LogP contribution in [0.15, 0.2) is 53.3 Å². The number of amides is 1. The lowest BCUT2D eigenvalue weighted by Crippen LogP contribution is -2.23. The van der Waals surface area contributed by atoms with Crippen LogP contribution in [0.1, 0.15) is 17.5 Å². The molecule has 0 saturated heterocycles. The van der Waals surface area contributed by atoms with Gasteiger partial charge in [-0.25, -0.2) is 0 Å². The van der Waals surface area contributed by atoms with Crippen molar-refractivity contribution in [3.63, 3.8) is 0 Å². The standard InChI is InChI=1S/C21H19F3N2O2/c1-25-18(27)11-10-16-15-9-8-14(21(22,23)24)12-17(15)20(28)26(2)19(16)13-6-4-3-5-7-13/h3-9,12H,10-11H2,1-2H3,(H,25,27). The topological polar surface area (TPSA) is 51.1 Å². The van der Waals surface area contributed by atoms with Gasteiger partial charge < -0.3 is 9.88 Å². The van der Waals surface area contributed by atoms with Gasteiger partial charge in [-0.3, -0.25) is 9.59 Å². The second kappa shape index (κ2) is 7.50. The van der Waals surface area contributed by atoms with E-state index in [1.807, 2.05) is 30.3 Å². The van der Waals surface area contributed by atoms with Crippen molar-refractivity contribution < 1.29 is 18.0 Å². The molecule has 1 heterocycles. The van der Waals surface area contributed by atoms with E-state index in [4.69, 9.17) is 0 Å². The van der Waals surface area contributed by atoms with Gasteiger partial charge in [0.25, 0.3) is 5.56 Å². The number of rotatable bonds is 4. The van der Waals surface area contributed by atoms with Crippen molar-refractivity contribution in [3.05, 3.63) is 70.0 Å². The fraction of sp³-hybridized carbons (Fsp3) is 0.238. The molecule has 0 spiro atoms. The summed E-state index contributed by atoms with van der Waals surface area (Å²) in [5.41, 5.74) is 0.642. The summed E-state index contributed by atoms with van der Waals surface area (Å²) in [5, 5.41) is 2.96. The highest BCUT2D eigenvalue weighted by molar-refractivity contribution is 5.91. The molecule has 0 atom stereocenters. The van der Waals surface area contributed by atoms with Crippen LogP contribution < -0.4 is 10.9 Å². The molecule has 1 amide bonds. The van der Waals surface area contributed by atoms with Crippen molar-refractivity contribution >= 4 is 16.7 Å². The van der Waals surface area contributed by atoms with Crippen molar-refractivity contribution in [3.8, 4) is 11.3 Å². The number of fused-ring (bicyclic) bond motifs is 1. The van der Waals surface area contributed by atoms with Gasteiger partial charge in [-0.2, -0.15) is 13.2 Å². The van der Waals surface area contributed by atoms with Crippen LogP contribution in [0.3, 0.4) is 0 Å². The summed E-state index contributed by atoms with van der Waals surface area (Å²) >= 11 is 0. The first kappa shape index (κ1) is 19.7. The SMILES string of the molecule is CNC(=O)CCc1c(-c2ccccc2)n(C)c(=O)c2cc(C(F)(F)F)ccc12. The molecule has 146 valence electrons. The largest absolute Gasteiger partial charge is 0.416 e. The molecule has 0 bridgehead atoms. The van der Waals surface area contributed by atoms with E-state index < -0.39 is 17.3 Å². The molecule has 0 fully saturated rings. The maximum absolute atomic E-state index is 13.1. The molecule has 0 radical (unpaired) electrons. The molecule has 4 nitrogen and oxygen atoms in total. The molecule has 0 unspecified atom stereocenters. The number of aryl methyl sites for hydroxylation is 1. The summed E-state index contributed by atoms with van der Waals surface area (Å²) in [6.45, 7) is 0. The monoisotopic (exact) mass is 388 g/mol. The Balaban J connectivity index is 2.33. The Labute approximate surface area is 159 Å². The number of halogens is 3. The van der Waals surface area contributed by atoms with Gasteiger partial charge in [0.1, 0.15) is 0 Å². The number of aromatic nitrogens is 1. The van der Waals surface area contributed by atoms with Gasteiger partial charge in [0.15, 0.2) is 0 Å². The zero-order valence-electron chi connectivity index (χ0n) is 15.4. The summed E-state index contributed by atoms with van der Waals surface area (Å²) in [6, 6.07) is 12.3. The van der Waals surface area contributed by atoms with Crippen molar-refractivity contribution in [2.75, 3.05) is 7.05 Å². The van der Waals surface area contributed by atoms with E-state index >= 15 is 0 Å². The summed E-state index contributed by atoms with van der Waals surface area (Å²) in [5.74, 6) is -0.187. The molecule has 0 aliphatic rings. The zero-order chi connectivity index (χ0) is 20.5. The first-order valence-corrected chi connectivity index (χ1v) is 8.73. The molecule has 7 heteroatoms. The summed E-state index contributed by atoms with van der Waals surface area (Å²) in [6.07, 6.45) is -4.09. The second-order valence-corrected chi connectivity index (χ2v) is 6.49. The first-order chi connectivity index (χ1) is 13.2. The summed E-state index contributed by atoms with van der Waals surface area (Å²) < 4.78 is 40.8. The minimum atomic E-state index is -4.54. The summed E-state index contributed by atoms with van der Waals surface area (Å²) in [4.78, 5) is 24.6. The first-order valence-electron chi connectivity index (χ1n) is 8.73. The second-order valence-electron chi connectivity index (χ2n) is 6.49. The van der Waals surface area contributed by atoms with Crippen LogP contribution in [-0.4, -0.2) is 17.5 Å². The van der Waals surface area contributed by atoms with Crippen LogP contribution in [0.2, 0.25) is 0 Å². The Bertz CT molecular complexity index is 1090. The average Bonchev–Trinajstić information content (AvgIpc) is 2.68. The number of carbonyl (C=O) groups excluding carboxylic acids is 1. The van der Waals surface area contributed by atoms with E-state index in [0.29, 0.717) is 23.1 Å². The van der Waals surface area contributed by atoms with Crippen molar-refractivity contribution in [2.45, 2.75) is 19.0 Å². The Morgan fingerprint density at radius 1 is 1.07 bits per heavy atom. The van der Waals surface area contributed by atoms with Crippen molar-refractivity contribution in [1.29, 1.82) is 0 Å². The average molecular weight is 388 g/mol. The number of hydrogen-bond donors (Lipinski definition) is 1. The smallest absolute Gasteiger partial charge is 0.359 e. The van der Waals surface area contributed by atoms with E-state index in [1.54, 1.807) is 0 Å². The molecule has 0 saturated carbocycles. The van der Waals surface area contributed by atoms with Gasteiger partial charge in [0.05, 0.1) is 11.3 Å².